The number of fused-ring (bicyclic) bond motifs is 2. The molecule has 1 heterocycles. The lowest BCUT2D eigenvalue weighted by Crippen LogP contribution is -2.63. The first-order valence-corrected chi connectivity index (χ1v) is 12.3. The molecule has 4 rings (SSSR count). The molecule has 146 valence electrons. The highest BCUT2D eigenvalue weighted by molar-refractivity contribution is 7.01. The Hall–Kier alpha value is -3.05. The molecule has 3 aromatic carbocycles. The third kappa shape index (κ3) is 2.76. The second-order valence-electron chi connectivity index (χ2n) is 8.01. The summed E-state index contributed by atoms with van der Waals surface area (Å²) in [6.45, 7) is 10.0. The lowest BCUT2D eigenvalue weighted by atomic mass is 9.90. The summed E-state index contributed by atoms with van der Waals surface area (Å²) in [7, 11) is -2.23. The molecule has 0 saturated carbocycles. The van der Waals surface area contributed by atoms with Crippen molar-refractivity contribution in [1.29, 1.82) is 0 Å². The maximum absolute atomic E-state index is 15.2. The van der Waals surface area contributed by atoms with Crippen LogP contribution >= 0.6 is 0 Å². The van der Waals surface area contributed by atoms with Gasteiger partial charge in [-0.05, 0) is 62.6 Å². The van der Waals surface area contributed by atoms with Gasteiger partial charge >= 0.3 is 0 Å². The Labute approximate surface area is 168 Å². The fraction of sp³-hybridized carbons (Fsp3) is 0.125. The zero-order valence-corrected chi connectivity index (χ0v) is 17.4. The van der Waals surface area contributed by atoms with E-state index in [1.165, 1.54) is 6.07 Å². The third-order valence-corrected chi connectivity index (χ3v) is 9.30. The fourth-order valence-electron chi connectivity index (χ4n) is 4.32. The minimum Gasteiger partial charge on any atom is -0.508 e. The Balaban J connectivity index is 2.26. The van der Waals surface area contributed by atoms with E-state index in [0.29, 0.717) is 17.4 Å². The monoisotopic (exact) mass is 406 g/mol. The summed E-state index contributed by atoms with van der Waals surface area (Å²) in [5.41, 5.74) is 1.68. The van der Waals surface area contributed by atoms with E-state index in [0.717, 1.165) is 26.4 Å². The van der Waals surface area contributed by atoms with Crippen molar-refractivity contribution < 1.29 is 18.7 Å². The number of rotatable bonds is 2. The molecule has 0 saturated heterocycles. The van der Waals surface area contributed by atoms with Gasteiger partial charge in [0.1, 0.15) is 13.8 Å². The highest BCUT2D eigenvalue weighted by Crippen LogP contribution is 2.32. The summed E-state index contributed by atoms with van der Waals surface area (Å²) in [5, 5.41) is 13.8. The first-order valence-electron chi connectivity index (χ1n) is 9.28. The van der Waals surface area contributed by atoms with Crippen LogP contribution in [-0.2, 0) is 0 Å². The van der Waals surface area contributed by atoms with Gasteiger partial charge in [-0.3, -0.25) is 4.79 Å². The predicted molar refractivity (Wildman–Crippen MR) is 114 cm³/mol. The number of carbonyl (C=O) groups is 1. The molecule has 29 heavy (non-hydrogen) atoms. The van der Waals surface area contributed by atoms with Gasteiger partial charge in [0.15, 0.2) is 17.9 Å². The van der Waals surface area contributed by atoms with Crippen LogP contribution in [0.1, 0.15) is 27.0 Å². The Morgan fingerprint density at radius 3 is 2.41 bits per heavy atom. The summed E-state index contributed by atoms with van der Waals surface area (Å²) < 4.78 is 29.8. The molecule has 2 nitrogen and oxygen atoms in total. The largest absolute Gasteiger partial charge is 0.508 e. The fourth-order valence-corrected chi connectivity index (χ4v) is 7.43. The van der Waals surface area contributed by atoms with Gasteiger partial charge in [0.2, 0.25) is 0 Å². The predicted octanol–water partition coefficient (Wildman–Crippen LogP) is 2.58. The minimum absolute atomic E-state index is 0.137. The van der Waals surface area contributed by atoms with Gasteiger partial charge in [-0.25, -0.2) is 8.78 Å². The summed E-state index contributed by atoms with van der Waals surface area (Å²) >= 11 is 0. The first kappa shape index (κ1) is 19.3. The van der Waals surface area contributed by atoms with Crippen LogP contribution in [0.4, 0.5) is 8.78 Å². The Morgan fingerprint density at radius 2 is 1.72 bits per heavy atom. The SMILES string of the molecule is C=c1ccc2c(c1)[Si](C)(C)c1cc(O)ccc1C=2c1c(C)cc(C=O)c(F)c1F. The molecule has 0 bridgehead atoms. The molecule has 0 fully saturated rings. The van der Waals surface area contributed by atoms with Gasteiger partial charge in [-0.1, -0.05) is 43.9 Å². The number of carbonyl (C=O) groups excluding carboxylic acids is 1. The second kappa shape index (κ2) is 6.49. The number of aromatic hydroxyl groups is 1. The van der Waals surface area contributed by atoms with Crippen molar-refractivity contribution in [1.82, 2.24) is 0 Å². The molecule has 0 atom stereocenters. The summed E-state index contributed by atoms with van der Waals surface area (Å²) in [5.74, 6) is -2.05. The molecule has 1 aliphatic heterocycles. The van der Waals surface area contributed by atoms with Crippen molar-refractivity contribution in [3.63, 3.8) is 0 Å². The van der Waals surface area contributed by atoms with Gasteiger partial charge in [0, 0.05) is 5.56 Å². The van der Waals surface area contributed by atoms with Crippen molar-refractivity contribution in [3.05, 3.63) is 86.8 Å². The van der Waals surface area contributed by atoms with Crippen LogP contribution in [0.5, 0.6) is 5.75 Å². The summed E-state index contributed by atoms with van der Waals surface area (Å²) in [6, 6.07) is 12.2. The molecule has 0 aliphatic carbocycles. The van der Waals surface area contributed by atoms with Crippen LogP contribution in [0.25, 0.3) is 12.2 Å². The molecule has 0 radical (unpaired) electrons. The Kier molecular flexibility index (Phi) is 4.31. The van der Waals surface area contributed by atoms with Gasteiger partial charge in [-0.15, -0.1) is 0 Å². The molecular weight excluding hydrogens is 386 g/mol. The summed E-state index contributed by atoms with van der Waals surface area (Å²) in [6.07, 6.45) is 0.325. The van der Waals surface area contributed by atoms with Crippen LogP contribution < -0.4 is 20.8 Å². The molecule has 1 aliphatic rings. The Bertz CT molecular complexity index is 1310. The number of benzene rings is 3. The number of aldehydes is 1. The average molecular weight is 407 g/mol. The van der Waals surface area contributed by atoms with E-state index in [1.807, 2.05) is 18.2 Å². The summed E-state index contributed by atoms with van der Waals surface area (Å²) in [4.78, 5) is 11.1. The second-order valence-corrected chi connectivity index (χ2v) is 12.3. The average Bonchev–Trinajstić information content (AvgIpc) is 2.68. The van der Waals surface area contributed by atoms with Crippen molar-refractivity contribution in [2.24, 2.45) is 0 Å². The van der Waals surface area contributed by atoms with Crippen molar-refractivity contribution >= 4 is 36.9 Å². The normalized spacial score (nSPS) is 14.3. The zero-order valence-electron chi connectivity index (χ0n) is 16.4. The quantitative estimate of drug-likeness (QED) is 0.525. The van der Waals surface area contributed by atoms with Gasteiger partial charge < -0.3 is 5.11 Å². The maximum atomic E-state index is 15.2. The van der Waals surface area contributed by atoms with E-state index >= 15 is 4.39 Å². The zero-order chi connectivity index (χ0) is 21.1. The maximum Gasteiger partial charge on any atom is 0.169 e. The van der Waals surface area contributed by atoms with Crippen LogP contribution in [0, 0.1) is 18.6 Å². The lowest BCUT2D eigenvalue weighted by molar-refractivity contribution is 0.111. The topological polar surface area (TPSA) is 37.3 Å². The first-order chi connectivity index (χ1) is 13.7. The highest BCUT2D eigenvalue weighted by atomic mass is 28.3. The number of halogens is 2. The molecule has 1 N–H and O–H groups in total. The molecule has 5 heteroatoms. The minimum atomic E-state index is -2.23. The molecule has 0 spiro atoms. The number of hydrogen-bond donors (Lipinski definition) is 1. The van der Waals surface area contributed by atoms with E-state index in [-0.39, 0.29) is 16.9 Å². The highest BCUT2D eigenvalue weighted by Gasteiger charge is 2.36. The van der Waals surface area contributed by atoms with E-state index in [9.17, 15) is 14.3 Å². The van der Waals surface area contributed by atoms with Gasteiger partial charge in [-0.2, -0.15) is 0 Å². The molecular formula is C24H20F2O2Si. The number of phenols is 1. The Morgan fingerprint density at radius 1 is 1.00 bits per heavy atom. The van der Waals surface area contributed by atoms with Crippen LogP contribution in [0.3, 0.4) is 0 Å². The number of aryl methyl sites for hydroxylation is 1. The van der Waals surface area contributed by atoms with E-state index in [1.54, 1.807) is 25.1 Å². The molecule has 0 aromatic heterocycles. The lowest BCUT2D eigenvalue weighted by Gasteiger charge is -2.33. The number of phenolic OH excluding ortho intramolecular Hbond substituents is 1. The third-order valence-electron chi connectivity index (χ3n) is 5.78. The van der Waals surface area contributed by atoms with Gasteiger partial charge in [0.05, 0.1) is 5.56 Å². The van der Waals surface area contributed by atoms with Gasteiger partial charge in [0.25, 0.3) is 0 Å². The van der Waals surface area contributed by atoms with Crippen LogP contribution in [-0.4, -0.2) is 19.5 Å². The van der Waals surface area contributed by atoms with Crippen LogP contribution in [0.15, 0.2) is 42.5 Å². The van der Waals surface area contributed by atoms with E-state index < -0.39 is 19.7 Å². The number of hydrogen-bond acceptors (Lipinski definition) is 2. The smallest absolute Gasteiger partial charge is 0.169 e. The molecule has 3 aromatic rings. The van der Waals surface area contributed by atoms with Crippen LogP contribution in [0.2, 0.25) is 13.1 Å². The van der Waals surface area contributed by atoms with Crippen molar-refractivity contribution in [3.8, 4) is 5.75 Å². The molecule has 0 amide bonds. The standard InChI is InChI=1S/C24H20F2O2Si/c1-13-5-7-17-19(9-13)29(3,4)20-11-16(28)6-8-18(20)22(17)21-14(2)10-15(12-27)23(25)24(21)26/h5-12,28H,1H2,2-4H3. The van der Waals surface area contributed by atoms with Crippen molar-refractivity contribution in [2.45, 2.75) is 20.0 Å². The van der Waals surface area contributed by atoms with E-state index in [4.69, 9.17) is 0 Å². The molecule has 0 unspecified atom stereocenters. The van der Waals surface area contributed by atoms with Crippen molar-refractivity contribution in [2.75, 3.05) is 0 Å². The van der Waals surface area contributed by atoms with E-state index in [2.05, 4.69) is 19.7 Å².